The van der Waals surface area contributed by atoms with Gasteiger partial charge in [-0.25, -0.2) is 13.2 Å². The first-order chi connectivity index (χ1) is 18.2. The van der Waals surface area contributed by atoms with Gasteiger partial charge in [0.1, 0.15) is 0 Å². The summed E-state index contributed by atoms with van der Waals surface area (Å²) in [7, 11) is -3.78. The number of aromatic amines is 1. The van der Waals surface area contributed by atoms with Crippen LogP contribution in [0.4, 0.5) is 0 Å². The largest absolute Gasteiger partial charge is 0.354 e. The van der Waals surface area contributed by atoms with E-state index in [2.05, 4.69) is 22.9 Å². The summed E-state index contributed by atoms with van der Waals surface area (Å²) in [5.74, 6) is -0.277. The number of benzene rings is 3. The molecule has 0 unspecified atom stereocenters. The molecule has 38 heavy (non-hydrogen) atoms. The van der Waals surface area contributed by atoms with Crippen LogP contribution in [-0.4, -0.2) is 52.6 Å². The van der Waals surface area contributed by atoms with Crippen molar-refractivity contribution in [3.8, 4) is 0 Å². The lowest BCUT2D eigenvalue weighted by Crippen LogP contribution is -2.43. The highest BCUT2D eigenvalue weighted by atomic mass is 32.2. The zero-order valence-corrected chi connectivity index (χ0v) is 22.3. The number of H-pyrrole nitrogens is 1. The average molecular weight is 553 g/mol. The van der Waals surface area contributed by atoms with Gasteiger partial charge in [-0.05, 0) is 47.9 Å². The second-order valence-corrected chi connectivity index (χ2v) is 12.1. The predicted octanol–water partition coefficient (Wildman–Crippen LogP) is 2.50. The van der Waals surface area contributed by atoms with Crippen LogP contribution in [-0.2, 0) is 21.4 Å². The highest BCUT2D eigenvalue weighted by Crippen LogP contribution is 2.30. The summed E-state index contributed by atoms with van der Waals surface area (Å²) in [4.78, 5) is 40.4. The molecule has 0 bridgehead atoms. The Morgan fingerprint density at radius 2 is 1.76 bits per heavy atom. The van der Waals surface area contributed by atoms with Gasteiger partial charge >= 0.3 is 5.69 Å². The van der Waals surface area contributed by atoms with E-state index in [9.17, 15) is 22.8 Å². The molecule has 198 valence electrons. The summed E-state index contributed by atoms with van der Waals surface area (Å²) in [5.41, 5.74) is -0.446. The van der Waals surface area contributed by atoms with Crippen molar-refractivity contribution in [3.63, 3.8) is 0 Å². The van der Waals surface area contributed by atoms with Gasteiger partial charge in [0.2, 0.25) is 15.9 Å². The lowest BCUT2D eigenvalue weighted by atomic mass is 10.1. The van der Waals surface area contributed by atoms with Crippen LogP contribution in [0.2, 0.25) is 0 Å². The number of nitrogens with zero attached hydrogens (tertiary/aromatic N) is 2. The molecule has 0 saturated carbocycles. The number of hydrogen-bond donors (Lipinski definition) is 3. The number of thiol groups is 1. The van der Waals surface area contributed by atoms with Crippen molar-refractivity contribution in [2.45, 2.75) is 42.0 Å². The van der Waals surface area contributed by atoms with E-state index in [0.717, 1.165) is 15.3 Å². The molecule has 0 spiro atoms. The topological polar surface area (TPSA) is 121 Å². The second kappa shape index (κ2) is 10.8. The van der Waals surface area contributed by atoms with E-state index in [-0.39, 0.29) is 48.5 Å². The normalized spacial score (nSPS) is 18.2. The Morgan fingerprint density at radius 3 is 2.58 bits per heavy atom. The monoisotopic (exact) mass is 552 g/mol. The number of aromatic nitrogens is 2. The number of carbonyl (C=O) groups excluding carboxylic acids is 1. The number of rotatable bonds is 8. The summed E-state index contributed by atoms with van der Waals surface area (Å²) in [5, 5.41) is 4.88. The molecular weight excluding hydrogens is 524 g/mol. The van der Waals surface area contributed by atoms with Crippen molar-refractivity contribution in [2.75, 3.05) is 13.1 Å². The fourth-order valence-electron chi connectivity index (χ4n) is 4.93. The van der Waals surface area contributed by atoms with Crippen LogP contribution in [0, 0.1) is 0 Å². The molecule has 5 rings (SSSR count). The molecule has 0 aliphatic carbocycles. The quantitative estimate of drug-likeness (QED) is 0.290. The molecule has 1 amide bonds. The van der Waals surface area contributed by atoms with Gasteiger partial charge in [-0.2, -0.15) is 16.9 Å². The molecule has 1 saturated heterocycles. The van der Waals surface area contributed by atoms with Gasteiger partial charge in [-0.3, -0.25) is 14.2 Å². The second-order valence-electron chi connectivity index (χ2n) is 9.47. The molecule has 0 radical (unpaired) electrons. The molecule has 2 heterocycles. The zero-order chi connectivity index (χ0) is 26.9. The Kier molecular flexibility index (Phi) is 7.42. The number of sulfonamides is 1. The van der Waals surface area contributed by atoms with Crippen LogP contribution < -0.4 is 16.6 Å². The summed E-state index contributed by atoms with van der Waals surface area (Å²) in [6.07, 6.45) is 0.886. The van der Waals surface area contributed by atoms with Gasteiger partial charge in [0.15, 0.2) is 0 Å². The number of para-hydroxylation sites is 1. The first-order valence-corrected chi connectivity index (χ1v) is 14.4. The van der Waals surface area contributed by atoms with Gasteiger partial charge in [-0.1, -0.05) is 42.5 Å². The van der Waals surface area contributed by atoms with Crippen LogP contribution in [0.3, 0.4) is 0 Å². The minimum Gasteiger partial charge on any atom is -0.354 e. The Hall–Kier alpha value is -3.41. The van der Waals surface area contributed by atoms with Gasteiger partial charge in [-0.15, -0.1) is 0 Å². The third kappa shape index (κ3) is 5.27. The number of hydrogen-bond acceptors (Lipinski definition) is 6. The zero-order valence-electron chi connectivity index (χ0n) is 20.5. The minimum atomic E-state index is -3.78. The highest BCUT2D eigenvalue weighted by Gasteiger charge is 2.39. The third-order valence-corrected chi connectivity index (χ3v) is 9.17. The van der Waals surface area contributed by atoms with Crippen LogP contribution in [0.15, 0.2) is 81.2 Å². The number of amides is 1. The lowest BCUT2D eigenvalue weighted by Gasteiger charge is -2.24. The van der Waals surface area contributed by atoms with E-state index in [1.54, 1.807) is 42.5 Å². The molecular formula is C27H28N4O5S2. The lowest BCUT2D eigenvalue weighted by molar-refractivity contribution is -0.121. The Bertz CT molecular complexity index is 1730. The van der Waals surface area contributed by atoms with Gasteiger partial charge in [0.25, 0.3) is 5.56 Å². The van der Waals surface area contributed by atoms with Gasteiger partial charge in [0, 0.05) is 37.3 Å². The Balaban J connectivity index is 1.21. The number of fused-ring (bicyclic) bond motifs is 2. The maximum Gasteiger partial charge on any atom is 0.328 e. The maximum absolute atomic E-state index is 13.5. The molecule has 1 aromatic heterocycles. The summed E-state index contributed by atoms with van der Waals surface area (Å²) < 4.78 is 29.5. The van der Waals surface area contributed by atoms with E-state index in [1.807, 2.05) is 24.3 Å². The summed E-state index contributed by atoms with van der Waals surface area (Å²) in [6.45, 7) is 0.503. The molecule has 4 aromatic rings. The third-order valence-electron chi connectivity index (χ3n) is 6.88. The van der Waals surface area contributed by atoms with Crippen LogP contribution >= 0.6 is 12.6 Å². The van der Waals surface area contributed by atoms with Crippen molar-refractivity contribution < 1.29 is 13.2 Å². The van der Waals surface area contributed by atoms with Crippen molar-refractivity contribution in [2.24, 2.45) is 0 Å². The fourth-order valence-corrected chi connectivity index (χ4v) is 7.17. The molecule has 1 aliphatic rings. The van der Waals surface area contributed by atoms with E-state index in [4.69, 9.17) is 0 Å². The van der Waals surface area contributed by atoms with Crippen molar-refractivity contribution in [1.29, 1.82) is 0 Å². The molecule has 1 fully saturated rings. The molecule has 1 aliphatic heterocycles. The van der Waals surface area contributed by atoms with Crippen molar-refractivity contribution in [3.05, 3.63) is 87.6 Å². The summed E-state index contributed by atoms with van der Waals surface area (Å²) in [6, 6.07) is 19.0. The van der Waals surface area contributed by atoms with E-state index >= 15 is 0 Å². The van der Waals surface area contributed by atoms with Crippen LogP contribution in [0.1, 0.15) is 19.3 Å². The molecule has 2 atom stereocenters. The fraction of sp³-hybridized carbons (Fsp3) is 0.296. The van der Waals surface area contributed by atoms with E-state index in [0.29, 0.717) is 17.3 Å². The minimum absolute atomic E-state index is 0.0904. The van der Waals surface area contributed by atoms with E-state index < -0.39 is 27.3 Å². The van der Waals surface area contributed by atoms with Crippen molar-refractivity contribution in [1.82, 2.24) is 19.2 Å². The van der Waals surface area contributed by atoms with E-state index in [1.165, 1.54) is 4.31 Å². The van der Waals surface area contributed by atoms with Crippen LogP contribution in [0.25, 0.3) is 21.7 Å². The SMILES string of the molecule is O=C(CCCn1c(=O)[nH]c2ccccc2c1=O)NC[C@@H]1C[C@@H](S)CN1S(=O)(=O)c1ccc2ccccc2c1. The first kappa shape index (κ1) is 26.2. The average Bonchev–Trinajstić information content (AvgIpc) is 3.30. The van der Waals surface area contributed by atoms with Gasteiger partial charge in [0.05, 0.1) is 15.8 Å². The summed E-state index contributed by atoms with van der Waals surface area (Å²) >= 11 is 4.52. The molecule has 3 aromatic carbocycles. The first-order valence-electron chi connectivity index (χ1n) is 12.4. The van der Waals surface area contributed by atoms with Crippen molar-refractivity contribution >= 4 is 50.2 Å². The molecule has 2 N–H and O–H groups in total. The Labute approximate surface area is 224 Å². The Morgan fingerprint density at radius 1 is 1.03 bits per heavy atom. The number of nitrogens with one attached hydrogen (secondary N) is 2. The van der Waals surface area contributed by atoms with Crippen LogP contribution in [0.5, 0.6) is 0 Å². The number of carbonyl (C=O) groups is 1. The smallest absolute Gasteiger partial charge is 0.328 e. The molecule has 9 nitrogen and oxygen atoms in total. The van der Waals surface area contributed by atoms with Gasteiger partial charge < -0.3 is 10.3 Å². The highest BCUT2D eigenvalue weighted by molar-refractivity contribution is 7.89. The maximum atomic E-state index is 13.5. The predicted molar refractivity (Wildman–Crippen MR) is 150 cm³/mol. The molecule has 11 heteroatoms. The standard InChI is InChI=1S/C27H28N4O5S2/c32-25(10-5-13-30-26(33)23-8-3-4-9-24(23)29-27(30)34)28-16-20-15-21(37)17-31(20)38(35,36)22-12-11-18-6-1-2-7-19(18)14-22/h1-4,6-9,11-12,14,20-21,37H,5,10,13,15-17H2,(H,28,32)(H,29,34)/t20-,21+/m0/s1.